The van der Waals surface area contributed by atoms with E-state index in [4.69, 9.17) is 10.5 Å². The highest BCUT2D eigenvalue weighted by Gasteiger charge is 2.32. The predicted molar refractivity (Wildman–Crippen MR) is 138 cm³/mol. The van der Waals surface area contributed by atoms with E-state index in [0.717, 1.165) is 55.6 Å². The summed E-state index contributed by atoms with van der Waals surface area (Å²) in [4.78, 5) is 21.7. The Morgan fingerprint density at radius 3 is 2.26 bits per heavy atom. The Morgan fingerprint density at radius 1 is 0.886 bits per heavy atom. The summed E-state index contributed by atoms with van der Waals surface area (Å²) < 4.78 is 5.72. The maximum absolute atomic E-state index is 13.2. The Labute approximate surface area is 208 Å². The summed E-state index contributed by atoms with van der Waals surface area (Å²) in [6.07, 6.45) is 5.59. The molecule has 0 saturated heterocycles. The maximum Gasteiger partial charge on any atom is 0.410 e. The van der Waals surface area contributed by atoms with Crippen molar-refractivity contribution in [1.29, 1.82) is 0 Å². The van der Waals surface area contributed by atoms with Gasteiger partial charge in [-0.2, -0.15) is 0 Å². The van der Waals surface area contributed by atoms with Crippen molar-refractivity contribution >= 4 is 6.09 Å². The first-order valence-corrected chi connectivity index (χ1v) is 12.5. The molecule has 0 aliphatic heterocycles. The highest BCUT2D eigenvalue weighted by molar-refractivity contribution is 5.68. The van der Waals surface area contributed by atoms with Gasteiger partial charge in [0.1, 0.15) is 6.61 Å². The molecule has 3 aromatic rings. The fraction of sp³-hybridized carbons (Fsp3) is 0.379. The van der Waals surface area contributed by atoms with Gasteiger partial charge < -0.3 is 10.5 Å². The topological polar surface area (TPSA) is 71.7 Å². The summed E-state index contributed by atoms with van der Waals surface area (Å²) in [5.74, 6) is 0. The number of ether oxygens (including phenoxy) is 1. The Bertz CT molecular complexity index is 1040. The highest BCUT2D eigenvalue weighted by Crippen LogP contribution is 2.25. The van der Waals surface area contributed by atoms with Crippen molar-refractivity contribution in [2.75, 3.05) is 7.05 Å². The van der Waals surface area contributed by atoms with Crippen LogP contribution in [0.25, 0.3) is 0 Å². The number of hydrogen-bond acceptors (Lipinski definition) is 5. The molecule has 1 saturated carbocycles. The molecule has 2 N–H and O–H groups in total. The quantitative estimate of drug-likeness (QED) is 0.468. The van der Waals surface area contributed by atoms with Crippen LogP contribution in [0.2, 0.25) is 0 Å². The van der Waals surface area contributed by atoms with Gasteiger partial charge in [0.25, 0.3) is 0 Å². The number of hydrogen-bond donors (Lipinski definition) is 1. The van der Waals surface area contributed by atoms with Gasteiger partial charge in [-0.05, 0) is 48.7 Å². The van der Waals surface area contributed by atoms with E-state index in [1.54, 1.807) is 0 Å². The van der Waals surface area contributed by atoms with Crippen LogP contribution in [0.15, 0.2) is 79.0 Å². The molecule has 6 nitrogen and oxygen atoms in total. The summed E-state index contributed by atoms with van der Waals surface area (Å²) >= 11 is 0. The summed E-state index contributed by atoms with van der Waals surface area (Å²) in [5.41, 5.74) is 10.8. The Hall–Kier alpha value is -3.22. The van der Waals surface area contributed by atoms with Crippen molar-refractivity contribution in [3.63, 3.8) is 0 Å². The van der Waals surface area contributed by atoms with Crippen LogP contribution in [0.4, 0.5) is 4.79 Å². The molecule has 4 rings (SSSR count). The van der Waals surface area contributed by atoms with Crippen LogP contribution in [-0.4, -0.2) is 40.0 Å². The molecule has 2 unspecified atom stereocenters. The number of carbonyl (C=O) groups is 1. The molecule has 0 spiro atoms. The first kappa shape index (κ1) is 24.9. The minimum atomic E-state index is -0.296. The lowest BCUT2D eigenvalue weighted by Crippen LogP contribution is -2.51. The largest absolute Gasteiger partial charge is 0.445 e. The third-order valence-electron chi connectivity index (χ3n) is 6.61. The molecular weight excluding hydrogens is 436 g/mol. The van der Waals surface area contributed by atoms with E-state index in [1.807, 2.05) is 59.6 Å². The van der Waals surface area contributed by atoms with Crippen LogP contribution in [-0.2, 0) is 31.0 Å². The standard InChI is InChI=1S/C29H36N4O2/c1-32(21-26-11-7-8-18-31-26)19-23-14-16-24(17-15-23)20-33(28-13-6-5-12-27(28)30)29(34)35-22-25-9-3-2-4-10-25/h2-4,7-11,14-18,27-28H,5-6,12-13,19-22,30H2,1H3. The van der Waals surface area contributed by atoms with Crippen LogP contribution in [0.1, 0.15) is 48.1 Å². The van der Waals surface area contributed by atoms with E-state index < -0.39 is 0 Å². The lowest BCUT2D eigenvalue weighted by Gasteiger charge is -2.37. The monoisotopic (exact) mass is 472 g/mol. The van der Waals surface area contributed by atoms with Crippen molar-refractivity contribution in [2.24, 2.45) is 5.73 Å². The number of benzene rings is 2. The molecule has 6 heteroatoms. The summed E-state index contributed by atoms with van der Waals surface area (Å²) in [5, 5.41) is 0. The number of nitrogens with two attached hydrogens (primary N) is 1. The van der Waals surface area contributed by atoms with Gasteiger partial charge in [-0.3, -0.25) is 14.8 Å². The van der Waals surface area contributed by atoms with Gasteiger partial charge in [-0.25, -0.2) is 4.79 Å². The Kier molecular flexibility index (Phi) is 8.87. The molecule has 2 atom stereocenters. The first-order valence-electron chi connectivity index (χ1n) is 12.5. The molecule has 0 radical (unpaired) electrons. The van der Waals surface area contributed by atoms with Crippen molar-refractivity contribution in [1.82, 2.24) is 14.8 Å². The third-order valence-corrected chi connectivity index (χ3v) is 6.61. The van der Waals surface area contributed by atoms with E-state index in [-0.39, 0.29) is 24.8 Å². The molecule has 0 bridgehead atoms. The van der Waals surface area contributed by atoms with Gasteiger partial charge in [0.2, 0.25) is 0 Å². The van der Waals surface area contributed by atoms with Gasteiger partial charge >= 0.3 is 6.09 Å². The molecule has 1 fully saturated rings. The predicted octanol–water partition coefficient (Wildman–Crippen LogP) is 5.12. The molecule has 2 aromatic carbocycles. The summed E-state index contributed by atoms with van der Waals surface area (Å²) in [6, 6.07) is 24.2. The van der Waals surface area contributed by atoms with Crippen LogP contribution < -0.4 is 5.73 Å². The van der Waals surface area contributed by atoms with Crippen molar-refractivity contribution in [3.05, 3.63) is 101 Å². The summed E-state index contributed by atoms with van der Waals surface area (Å²) in [6.45, 7) is 2.38. The third kappa shape index (κ3) is 7.38. The maximum atomic E-state index is 13.2. The van der Waals surface area contributed by atoms with Gasteiger partial charge in [0.05, 0.1) is 11.7 Å². The smallest absolute Gasteiger partial charge is 0.410 e. The second-order valence-electron chi connectivity index (χ2n) is 9.49. The molecule has 1 heterocycles. The zero-order chi connectivity index (χ0) is 24.5. The van der Waals surface area contributed by atoms with Gasteiger partial charge in [0.15, 0.2) is 0 Å². The molecule has 1 aliphatic rings. The van der Waals surface area contributed by atoms with E-state index in [9.17, 15) is 4.79 Å². The average Bonchev–Trinajstić information content (AvgIpc) is 2.88. The number of aromatic nitrogens is 1. The van der Waals surface area contributed by atoms with E-state index in [2.05, 4.69) is 41.2 Å². The number of pyridine rings is 1. The van der Waals surface area contributed by atoms with Crippen molar-refractivity contribution in [3.8, 4) is 0 Å². The van der Waals surface area contributed by atoms with Gasteiger partial charge in [-0.15, -0.1) is 0 Å². The molecule has 35 heavy (non-hydrogen) atoms. The van der Waals surface area contributed by atoms with E-state index in [1.165, 1.54) is 5.56 Å². The summed E-state index contributed by atoms with van der Waals surface area (Å²) in [7, 11) is 2.09. The second kappa shape index (κ2) is 12.5. The van der Waals surface area contributed by atoms with Crippen molar-refractivity contribution in [2.45, 2.75) is 64.0 Å². The number of carbonyl (C=O) groups excluding carboxylic acids is 1. The van der Waals surface area contributed by atoms with E-state index >= 15 is 0 Å². The minimum absolute atomic E-state index is 0.00351. The number of amides is 1. The molecule has 1 aliphatic carbocycles. The molecular formula is C29H36N4O2. The number of nitrogens with zero attached hydrogens (tertiary/aromatic N) is 3. The van der Waals surface area contributed by atoms with Crippen molar-refractivity contribution < 1.29 is 9.53 Å². The highest BCUT2D eigenvalue weighted by atomic mass is 16.6. The fourth-order valence-corrected chi connectivity index (χ4v) is 4.73. The molecule has 1 amide bonds. The van der Waals surface area contributed by atoms with Crippen LogP contribution in [0, 0.1) is 0 Å². The molecule has 184 valence electrons. The second-order valence-corrected chi connectivity index (χ2v) is 9.49. The van der Waals surface area contributed by atoms with Crippen LogP contribution in [0.3, 0.4) is 0 Å². The Morgan fingerprint density at radius 2 is 1.57 bits per heavy atom. The molecule has 1 aromatic heterocycles. The SMILES string of the molecule is CN(Cc1ccc(CN(C(=O)OCc2ccccc2)C2CCCCC2N)cc1)Cc1ccccn1. The Balaban J connectivity index is 1.39. The zero-order valence-corrected chi connectivity index (χ0v) is 20.6. The van der Waals surface area contributed by atoms with Crippen LogP contribution >= 0.6 is 0 Å². The first-order chi connectivity index (χ1) is 17.1. The van der Waals surface area contributed by atoms with Gasteiger partial charge in [0, 0.05) is 31.9 Å². The van der Waals surface area contributed by atoms with Gasteiger partial charge in [-0.1, -0.05) is 73.5 Å². The minimum Gasteiger partial charge on any atom is -0.445 e. The number of rotatable bonds is 9. The zero-order valence-electron chi connectivity index (χ0n) is 20.6. The fourth-order valence-electron chi connectivity index (χ4n) is 4.73. The lowest BCUT2D eigenvalue weighted by molar-refractivity contribution is 0.0629. The average molecular weight is 473 g/mol. The normalized spacial score (nSPS) is 17.8. The van der Waals surface area contributed by atoms with Crippen LogP contribution in [0.5, 0.6) is 0 Å². The van der Waals surface area contributed by atoms with E-state index in [0.29, 0.717) is 6.54 Å². The lowest BCUT2D eigenvalue weighted by atomic mass is 9.89.